The number of carbonyl (C=O) groups excluding carboxylic acids is 1. The number of morpholine rings is 1. The lowest BCUT2D eigenvalue weighted by Crippen LogP contribution is -2.49. The molecule has 0 bridgehead atoms. The maximum absolute atomic E-state index is 12.6. The van der Waals surface area contributed by atoms with Crippen LogP contribution >= 0.6 is 13.5 Å². The highest BCUT2D eigenvalue weighted by molar-refractivity contribution is 7.59. The highest BCUT2D eigenvalue weighted by atomic mass is 32.1. The number of hydrogen-bond acceptors (Lipinski definition) is 8. The second-order valence-electron chi connectivity index (χ2n) is 8.41. The van der Waals surface area contributed by atoms with E-state index < -0.39 is 12.6 Å². The van der Waals surface area contributed by atoms with E-state index in [0.717, 1.165) is 41.1 Å². The van der Waals surface area contributed by atoms with Crippen molar-refractivity contribution in [3.8, 4) is 11.3 Å². The third-order valence-corrected chi connectivity index (χ3v) is 6.23. The van der Waals surface area contributed by atoms with Gasteiger partial charge in [0.15, 0.2) is 12.5 Å². The summed E-state index contributed by atoms with van der Waals surface area (Å²) in [6.07, 6.45) is 3.43. The number of benzene rings is 1. The Morgan fingerprint density at radius 3 is 2.63 bits per heavy atom. The van der Waals surface area contributed by atoms with Gasteiger partial charge < -0.3 is 25.2 Å². The summed E-state index contributed by atoms with van der Waals surface area (Å²) in [5.41, 5.74) is 4.35. The first-order valence-corrected chi connectivity index (χ1v) is 11.6. The number of piperazine rings is 1. The molecule has 1 unspecified atom stereocenters. The van der Waals surface area contributed by atoms with Gasteiger partial charge in [0.2, 0.25) is 0 Å². The van der Waals surface area contributed by atoms with E-state index in [1.54, 1.807) is 17.3 Å². The van der Waals surface area contributed by atoms with Crippen LogP contribution in [0.5, 0.6) is 0 Å². The largest absolute Gasteiger partial charge is 0.374 e. The van der Waals surface area contributed by atoms with Crippen LogP contribution in [-0.2, 0) is 9.53 Å². The summed E-state index contributed by atoms with van der Waals surface area (Å²) < 4.78 is 18.4. The van der Waals surface area contributed by atoms with E-state index in [-0.39, 0.29) is 19.6 Å². The van der Waals surface area contributed by atoms with Crippen LogP contribution in [0, 0.1) is 0 Å². The van der Waals surface area contributed by atoms with Crippen LogP contribution in [0.3, 0.4) is 0 Å². The van der Waals surface area contributed by atoms with E-state index in [1.165, 1.54) is 0 Å². The van der Waals surface area contributed by atoms with Crippen molar-refractivity contribution in [2.75, 3.05) is 69.3 Å². The minimum atomic E-state index is -0.931. The fraction of sp³-hybridized carbons (Fsp3) is 0.417. The maximum atomic E-state index is 12.6. The van der Waals surface area contributed by atoms with Gasteiger partial charge in [-0.25, -0.2) is 14.4 Å². The quantitative estimate of drug-likeness (QED) is 0.531. The maximum Gasteiger partial charge on any atom is 0.254 e. The standard InChI is InChI=1S/C24H28FN7O2.H2S/c25-14-22(33)32-10-8-31(9-11-32)18-3-1-17(2-4-18)20-13-21-23(28-6-5-27-21)24(30-20)29-16-19-15-26-7-12-34-19;/h1-6,13,19,26H,7-12,14-16H2,(H,29,30);1H2. The molecule has 9 nitrogen and oxygen atoms in total. The van der Waals surface area contributed by atoms with E-state index >= 15 is 0 Å². The van der Waals surface area contributed by atoms with Gasteiger partial charge >= 0.3 is 0 Å². The molecule has 3 aromatic rings. The van der Waals surface area contributed by atoms with Gasteiger partial charge in [-0.15, -0.1) is 0 Å². The summed E-state index contributed by atoms with van der Waals surface area (Å²) in [4.78, 5) is 29.2. The number of halogens is 1. The van der Waals surface area contributed by atoms with Gasteiger partial charge in [0, 0.05) is 69.5 Å². The predicted molar refractivity (Wildman–Crippen MR) is 139 cm³/mol. The third-order valence-electron chi connectivity index (χ3n) is 6.23. The van der Waals surface area contributed by atoms with Crippen molar-refractivity contribution in [1.29, 1.82) is 0 Å². The van der Waals surface area contributed by atoms with Gasteiger partial charge in [-0.1, -0.05) is 12.1 Å². The molecule has 5 rings (SSSR count). The number of anilines is 2. The SMILES string of the molecule is O=C(CF)N1CCN(c2ccc(-c3cc4nccnc4c(NCC4CNCCO4)n3)cc2)CC1.S. The summed E-state index contributed by atoms with van der Waals surface area (Å²) in [6.45, 7) is 4.50. The van der Waals surface area contributed by atoms with E-state index in [2.05, 4.69) is 37.6 Å². The fourth-order valence-electron chi connectivity index (χ4n) is 4.35. The molecule has 2 saturated heterocycles. The summed E-state index contributed by atoms with van der Waals surface area (Å²) in [6, 6.07) is 10.1. The number of nitrogens with zero attached hydrogens (tertiary/aromatic N) is 5. The molecule has 2 fully saturated rings. The van der Waals surface area contributed by atoms with Crippen LogP contribution in [-0.4, -0.2) is 91.0 Å². The van der Waals surface area contributed by atoms with Crippen molar-refractivity contribution in [3.63, 3.8) is 0 Å². The van der Waals surface area contributed by atoms with Gasteiger partial charge in [0.05, 0.1) is 23.9 Å². The normalized spacial score (nSPS) is 18.3. The van der Waals surface area contributed by atoms with Gasteiger partial charge in [-0.3, -0.25) is 9.78 Å². The number of rotatable bonds is 6. The number of alkyl halides is 1. The molecule has 186 valence electrons. The zero-order valence-electron chi connectivity index (χ0n) is 19.4. The van der Waals surface area contributed by atoms with Crippen LogP contribution in [0.15, 0.2) is 42.7 Å². The zero-order valence-corrected chi connectivity index (χ0v) is 20.4. The second-order valence-corrected chi connectivity index (χ2v) is 8.41. The van der Waals surface area contributed by atoms with Crippen LogP contribution in [0.4, 0.5) is 15.9 Å². The van der Waals surface area contributed by atoms with Crippen LogP contribution in [0.1, 0.15) is 0 Å². The molecular weight excluding hydrogens is 469 g/mol. The number of ether oxygens (including phenoxy) is 1. The first kappa shape index (κ1) is 25.1. The number of nitrogens with one attached hydrogen (secondary N) is 2. The zero-order chi connectivity index (χ0) is 23.3. The Morgan fingerprint density at radius 1 is 1.14 bits per heavy atom. The monoisotopic (exact) mass is 499 g/mol. The van der Waals surface area contributed by atoms with Crippen LogP contribution < -0.4 is 15.5 Å². The summed E-state index contributed by atoms with van der Waals surface area (Å²) in [5.74, 6) is 0.253. The summed E-state index contributed by atoms with van der Waals surface area (Å²) in [5, 5.41) is 6.74. The van der Waals surface area contributed by atoms with Gasteiger partial charge in [-0.05, 0) is 18.2 Å². The Morgan fingerprint density at radius 2 is 1.91 bits per heavy atom. The van der Waals surface area contributed by atoms with Crippen LogP contribution in [0.2, 0.25) is 0 Å². The smallest absolute Gasteiger partial charge is 0.254 e. The minimum Gasteiger partial charge on any atom is -0.374 e. The Labute approximate surface area is 210 Å². The van der Waals surface area contributed by atoms with Crippen molar-refractivity contribution >= 4 is 41.9 Å². The van der Waals surface area contributed by atoms with E-state index in [4.69, 9.17) is 9.72 Å². The average Bonchev–Trinajstić information content (AvgIpc) is 2.92. The molecule has 0 spiro atoms. The number of fused-ring (bicyclic) bond motifs is 1. The molecular formula is C24H30FN7O2S. The van der Waals surface area contributed by atoms with E-state index in [1.807, 2.05) is 18.2 Å². The van der Waals surface area contributed by atoms with Crippen molar-refractivity contribution in [3.05, 3.63) is 42.7 Å². The Kier molecular flexibility index (Phi) is 8.32. The minimum absolute atomic E-state index is 0. The first-order valence-electron chi connectivity index (χ1n) is 11.6. The first-order chi connectivity index (χ1) is 16.7. The predicted octanol–water partition coefficient (Wildman–Crippen LogP) is 1.82. The lowest BCUT2D eigenvalue weighted by atomic mass is 10.1. The average molecular weight is 500 g/mol. The highest BCUT2D eigenvalue weighted by Gasteiger charge is 2.21. The Hall–Kier alpha value is -3.02. The van der Waals surface area contributed by atoms with Crippen molar-refractivity contribution in [1.82, 2.24) is 25.2 Å². The molecule has 0 aliphatic carbocycles. The molecule has 2 aromatic heterocycles. The van der Waals surface area contributed by atoms with E-state index in [9.17, 15) is 9.18 Å². The lowest BCUT2D eigenvalue weighted by molar-refractivity contribution is -0.132. The van der Waals surface area contributed by atoms with E-state index in [0.29, 0.717) is 45.1 Å². The number of aromatic nitrogens is 3. The van der Waals surface area contributed by atoms with Crippen molar-refractivity contribution in [2.45, 2.75) is 6.10 Å². The topological polar surface area (TPSA) is 95.5 Å². The third kappa shape index (κ3) is 5.80. The molecule has 11 heteroatoms. The van der Waals surface area contributed by atoms with Gasteiger partial charge in [-0.2, -0.15) is 13.5 Å². The molecule has 0 radical (unpaired) electrons. The number of amides is 1. The fourth-order valence-corrected chi connectivity index (χ4v) is 4.35. The molecule has 1 aromatic carbocycles. The van der Waals surface area contributed by atoms with Gasteiger partial charge in [0.1, 0.15) is 5.52 Å². The Balaban J connectivity index is 0.00000289. The molecule has 0 saturated carbocycles. The number of pyridine rings is 1. The molecule has 4 heterocycles. The summed E-state index contributed by atoms with van der Waals surface area (Å²) >= 11 is 0. The summed E-state index contributed by atoms with van der Waals surface area (Å²) in [7, 11) is 0. The number of hydrogen-bond donors (Lipinski definition) is 2. The van der Waals surface area contributed by atoms with Gasteiger partial charge in [0.25, 0.3) is 5.91 Å². The molecule has 2 aliphatic heterocycles. The lowest BCUT2D eigenvalue weighted by Gasteiger charge is -2.35. The molecule has 1 amide bonds. The Bertz CT molecular complexity index is 1140. The molecule has 1 atom stereocenters. The second kappa shape index (κ2) is 11.6. The van der Waals surface area contributed by atoms with Crippen molar-refractivity contribution < 1.29 is 13.9 Å². The molecule has 35 heavy (non-hydrogen) atoms. The number of carbonyl (C=O) groups is 1. The molecule has 2 N–H and O–H groups in total. The molecule has 2 aliphatic rings. The van der Waals surface area contributed by atoms with Crippen molar-refractivity contribution in [2.24, 2.45) is 0 Å². The van der Waals surface area contributed by atoms with Crippen LogP contribution in [0.25, 0.3) is 22.3 Å². The highest BCUT2D eigenvalue weighted by Crippen LogP contribution is 2.27.